The molecule has 104 valence electrons. The van der Waals surface area contributed by atoms with Crippen molar-refractivity contribution in [3.8, 4) is 5.75 Å². The average molecular weight is 264 g/mol. The fourth-order valence-electron chi connectivity index (χ4n) is 2.07. The molecular formula is C14H20N2O3. The number of ether oxygens (including phenoxy) is 2. The van der Waals surface area contributed by atoms with Gasteiger partial charge in [0.1, 0.15) is 5.75 Å². The molecule has 0 atom stereocenters. The summed E-state index contributed by atoms with van der Waals surface area (Å²) < 4.78 is 11.0. The van der Waals surface area contributed by atoms with Crippen molar-refractivity contribution in [2.24, 2.45) is 0 Å². The van der Waals surface area contributed by atoms with Gasteiger partial charge < -0.3 is 20.1 Å². The fourth-order valence-corrected chi connectivity index (χ4v) is 2.07. The van der Waals surface area contributed by atoms with E-state index in [9.17, 15) is 4.79 Å². The standard InChI is InChI=1S/C14H20N2O3/c1-14(2)10-16(7-8-19-14)13(17)9-18-12-6-4-3-5-11(12)15/h3-6H,7-10,15H2,1-2H3. The second-order valence-electron chi connectivity index (χ2n) is 5.25. The summed E-state index contributed by atoms with van der Waals surface area (Å²) in [6.07, 6.45) is 0. The SMILES string of the molecule is CC1(C)CN(C(=O)COc2ccccc2N)CCO1. The van der Waals surface area contributed by atoms with Crippen molar-refractivity contribution in [3.05, 3.63) is 24.3 Å². The molecule has 0 aromatic heterocycles. The molecule has 0 bridgehead atoms. The summed E-state index contributed by atoms with van der Waals surface area (Å²) in [5, 5.41) is 0. The van der Waals surface area contributed by atoms with Crippen LogP contribution in [0.4, 0.5) is 5.69 Å². The molecule has 1 aliphatic rings. The van der Waals surface area contributed by atoms with E-state index in [1.807, 2.05) is 26.0 Å². The number of hydrogen-bond acceptors (Lipinski definition) is 4. The van der Waals surface area contributed by atoms with E-state index in [4.69, 9.17) is 15.2 Å². The van der Waals surface area contributed by atoms with Crippen molar-refractivity contribution < 1.29 is 14.3 Å². The van der Waals surface area contributed by atoms with Crippen molar-refractivity contribution in [1.29, 1.82) is 0 Å². The summed E-state index contributed by atoms with van der Waals surface area (Å²) >= 11 is 0. The molecule has 1 saturated heterocycles. The molecule has 1 aliphatic heterocycles. The maximum absolute atomic E-state index is 12.1. The number of rotatable bonds is 3. The third-order valence-corrected chi connectivity index (χ3v) is 3.05. The highest BCUT2D eigenvalue weighted by Crippen LogP contribution is 2.20. The molecule has 1 fully saturated rings. The lowest BCUT2D eigenvalue weighted by Gasteiger charge is -2.38. The second kappa shape index (κ2) is 5.48. The van der Waals surface area contributed by atoms with Crippen molar-refractivity contribution in [2.45, 2.75) is 19.4 Å². The van der Waals surface area contributed by atoms with Crippen molar-refractivity contribution in [1.82, 2.24) is 4.90 Å². The molecule has 0 radical (unpaired) electrons. The molecule has 0 unspecified atom stereocenters. The van der Waals surface area contributed by atoms with Crippen LogP contribution in [0.25, 0.3) is 0 Å². The number of nitrogens with two attached hydrogens (primary N) is 1. The monoisotopic (exact) mass is 264 g/mol. The number of para-hydroxylation sites is 2. The second-order valence-corrected chi connectivity index (χ2v) is 5.25. The molecule has 0 aliphatic carbocycles. The quantitative estimate of drug-likeness (QED) is 0.835. The van der Waals surface area contributed by atoms with Crippen molar-refractivity contribution in [3.63, 3.8) is 0 Å². The van der Waals surface area contributed by atoms with Gasteiger partial charge >= 0.3 is 0 Å². The first kappa shape index (κ1) is 13.7. The third kappa shape index (κ3) is 3.61. The highest BCUT2D eigenvalue weighted by atomic mass is 16.5. The van der Waals surface area contributed by atoms with Crippen molar-refractivity contribution >= 4 is 11.6 Å². The summed E-state index contributed by atoms with van der Waals surface area (Å²) in [5.41, 5.74) is 6.01. The minimum Gasteiger partial charge on any atom is -0.482 e. The Morgan fingerprint density at radius 1 is 1.47 bits per heavy atom. The predicted molar refractivity (Wildman–Crippen MR) is 73.0 cm³/mol. The Kier molecular flexibility index (Phi) is 3.95. The Balaban J connectivity index is 1.90. The Morgan fingerprint density at radius 2 is 2.21 bits per heavy atom. The number of hydrogen-bond donors (Lipinski definition) is 1. The Morgan fingerprint density at radius 3 is 2.89 bits per heavy atom. The van der Waals surface area contributed by atoms with Crippen LogP contribution in [-0.4, -0.2) is 42.7 Å². The normalized spacial score (nSPS) is 18.1. The molecular weight excluding hydrogens is 244 g/mol. The van der Waals surface area contributed by atoms with E-state index in [2.05, 4.69) is 0 Å². The minimum absolute atomic E-state index is 0.00426. The van der Waals surface area contributed by atoms with E-state index in [1.165, 1.54) is 0 Å². The van der Waals surface area contributed by atoms with Crippen molar-refractivity contribution in [2.75, 3.05) is 32.0 Å². The first-order valence-electron chi connectivity index (χ1n) is 6.37. The van der Waals surface area contributed by atoms with Crippen LogP contribution in [0.15, 0.2) is 24.3 Å². The Hall–Kier alpha value is -1.75. The highest BCUT2D eigenvalue weighted by molar-refractivity contribution is 5.78. The van der Waals surface area contributed by atoms with Crippen LogP contribution in [-0.2, 0) is 9.53 Å². The molecule has 19 heavy (non-hydrogen) atoms. The average Bonchev–Trinajstić information content (AvgIpc) is 2.36. The lowest BCUT2D eigenvalue weighted by Crippen LogP contribution is -2.51. The van der Waals surface area contributed by atoms with Gasteiger partial charge in [0, 0.05) is 13.1 Å². The van der Waals surface area contributed by atoms with E-state index < -0.39 is 0 Å². The van der Waals surface area contributed by atoms with E-state index >= 15 is 0 Å². The van der Waals surface area contributed by atoms with Crippen LogP contribution >= 0.6 is 0 Å². The first-order valence-corrected chi connectivity index (χ1v) is 6.37. The zero-order valence-electron chi connectivity index (χ0n) is 11.4. The fraction of sp³-hybridized carbons (Fsp3) is 0.500. The van der Waals surface area contributed by atoms with E-state index in [-0.39, 0.29) is 18.1 Å². The number of anilines is 1. The molecule has 5 nitrogen and oxygen atoms in total. The zero-order chi connectivity index (χ0) is 13.9. The van der Waals surface area contributed by atoms with Gasteiger partial charge in [-0.3, -0.25) is 4.79 Å². The molecule has 1 heterocycles. The van der Waals surface area contributed by atoms with Crippen LogP contribution < -0.4 is 10.5 Å². The minimum atomic E-state index is -0.292. The van der Waals surface area contributed by atoms with Crippen LogP contribution in [0, 0.1) is 0 Å². The largest absolute Gasteiger partial charge is 0.482 e. The van der Waals surface area contributed by atoms with Crippen LogP contribution in [0.3, 0.4) is 0 Å². The Labute approximate surface area is 113 Å². The number of carbonyl (C=O) groups is 1. The van der Waals surface area contributed by atoms with Gasteiger partial charge in [-0.2, -0.15) is 0 Å². The highest BCUT2D eigenvalue weighted by Gasteiger charge is 2.29. The van der Waals surface area contributed by atoms with Crippen LogP contribution in [0.5, 0.6) is 5.75 Å². The van der Waals surface area contributed by atoms with Gasteiger partial charge in [0.05, 0.1) is 17.9 Å². The zero-order valence-corrected chi connectivity index (χ0v) is 11.4. The lowest BCUT2D eigenvalue weighted by molar-refractivity contribution is -0.147. The predicted octanol–water partition coefficient (Wildman–Crippen LogP) is 1.29. The molecule has 5 heteroatoms. The summed E-state index contributed by atoms with van der Waals surface area (Å²) in [5.74, 6) is 0.503. The van der Waals surface area contributed by atoms with Gasteiger partial charge in [0.2, 0.25) is 0 Å². The molecule has 1 amide bonds. The molecule has 2 N–H and O–H groups in total. The Bertz CT molecular complexity index is 460. The van der Waals surface area contributed by atoms with Gasteiger partial charge in [0.25, 0.3) is 5.91 Å². The molecule has 1 aromatic rings. The van der Waals surface area contributed by atoms with Gasteiger partial charge in [-0.1, -0.05) is 12.1 Å². The topological polar surface area (TPSA) is 64.8 Å². The molecule has 2 rings (SSSR count). The maximum Gasteiger partial charge on any atom is 0.260 e. The van der Waals surface area contributed by atoms with E-state index in [0.29, 0.717) is 31.1 Å². The number of carbonyl (C=O) groups excluding carboxylic acids is 1. The lowest BCUT2D eigenvalue weighted by atomic mass is 10.1. The van der Waals surface area contributed by atoms with Gasteiger partial charge in [-0.25, -0.2) is 0 Å². The van der Waals surface area contributed by atoms with Crippen LogP contribution in [0.2, 0.25) is 0 Å². The number of nitrogens with zero attached hydrogens (tertiary/aromatic N) is 1. The van der Waals surface area contributed by atoms with Gasteiger partial charge in [0.15, 0.2) is 6.61 Å². The summed E-state index contributed by atoms with van der Waals surface area (Å²) in [4.78, 5) is 13.8. The summed E-state index contributed by atoms with van der Waals surface area (Å²) in [6.45, 7) is 5.71. The third-order valence-electron chi connectivity index (χ3n) is 3.05. The molecule has 0 spiro atoms. The maximum atomic E-state index is 12.1. The van der Waals surface area contributed by atoms with E-state index in [1.54, 1.807) is 17.0 Å². The molecule has 1 aromatic carbocycles. The number of morpholine rings is 1. The summed E-state index contributed by atoms with van der Waals surface area (Å²) in [6, 6.07) is 7.16. The summed E-state index contributed by atoms with van der Waals surface area (Å²) in [7, 11) is 0. The smallest absolute Gasteiger partial charge is 0.260 e. The van der Waals surface area contributed by atoms with Gasteiger partial charge in [-0.05, 0) is 26.0 Å². The first-order chi connectivity index (χ1) is 8.98. The number of nitrogen functional groups attached to an aromatic ring is 1. The number of amides is 1. The number of benzene rings is 1. The van der Waals surface area contributed by atoms with E-state index in [0.717, 1.165) is 0 Å². The molecule has 0 saturated carbocycles. The van der Waals surface area contributed by atoms with Gasteiger partial charge in [-0.15, -0.1) is 0 Å². The van der Waals surface area contributed by atoms with Crippen LogP contribution in [0.1, 0.15) is 13.8 Å².